The molecule has 108 valence electrons. The lowest BCUT2D eigenvalue weighted by Gasteiger charge is -2.17. The number of hydrogen-bond acceptors (Lipinski definition) is 4. The van der Waals surface area contributed by atoms with E-state index in [1.54, 1.807) is 16.9 Å². The summed E-state index contributed by atoms with van der Waals surface area (Å²) in [6.45, 7) is 7.33. The van der Waals surface area contributed by atoms with Gasteiger partial charge in [0.2, 0.25) is 0 Å². The first-order valence-corrected chi connectivity index (χ1v) is 7.25. The van der Waals surface area contributed by atoms with Gasteiger partial charge in [-0.15, -0.1) is 0 Å². The van der Waals surface area contributed by atoms with Crippen molar-refractivity contribution in [1.29, 1.82) is 0 Å². The van der Waals surface area contributed by atoms with E-state index in [0.29, 0.717) is 5.15 Å². The monoisotopic (exact) mass is 293 g/mol. The molecule has 0 bridgehead atoms. The Hall–Kier alpha value is -1.46. The summed E-state index contributed by atoms with van der Waals surface area (Å²) in [7, 11) is 1.88. The Kier molecular flexibility index (Phi) is 5.09. The lowest BCUT2D eigenvalue weighted by Crippen LogP contribution is -2.25. The maximum Gasteiger partial charge on any atom is 0.133 e. The van der Waals surface area contributed by atoms with Crippen molar-refractivity contribution in [2.75, 3.05) is 19.6 Å². The molecule has 0 unspecified atom stereocenters. The fourth-order valence-electron chi connectivity index (χ4n) is 2.08. The van der Waals surface area contributed by atoms with Crippen molar-refractivity contribution in [1.82, 2.24) is 24.6 Å². The number of hydrogen-bond donors (Lipinski definition) is 0. The second kappa shape index (κ2) is 6.81. The van der Waals surface area contributed by atoms with E-state index in [-0.39, 0.29) is 0 Å². The molecule has 2 aromatic rings. The fourth-order valence-corrected chi connectivity index (χ4v) is 2.28. The molecule has 2 aromatic heterocycles. The van der Waals surface area contributed by atoms with Gasteiger partial charge in [0.25, 0.3) is 0 Å². The minimum absolute atomic E-state index is 0.480. The molecule has 0 atom stereocenters. The topological polar surface area (TPSA) is 46.8 Å². The Morgan fingerprint density at radius 2 is 2.00 bits per heavy atom. The third kappa shape index (κ3) is 3.77. The van der Waals surface area contributed by atoms with Crippen molar-refractivity contribution >= 4 is 11.6 Å². The minimum atomic E-state index is 0.480. The van der Waals surface area contributed by atoms with E-state index in [4.69, 9.17) is 11.6 Å². The zero-order valence-corrected chi connectivity index (χ0v) is 12.9. The average molecular weight is 294 g/mol. The molecule has 0 aliphatic heterocycles. The van der Waals surface area contributed by atoms with Crippen LogP contribution >= 0.6 is 11.6 Å². The predicted molar refractivity (Wildman–Crippen MR) is 80.7 cm³/mol. The molecule has 0 radical (unpaired) electrons. The SMILES string of the molecule is CCN(CC)CCc1nc(Cl)cc(-c2cnn(C)c2)n1. The Balaban J connectivity index is 2.16. The average Bonchev–Trinajstić information content (AvgIpc) is 2.86. The van der Waals surface area contributed by atoms with Crippen LogP contribution in [0, 0.1) is 0 Å². The zero-order chi connectivity index (χ0) is 14.5. The highest BCUT2D eigenvalue weighted by Crippen LogP contribution is 2.19. The molecular weight excluding hydrogens is 274 g/mol. The molecular formula is C14H20ClN5. The summed E-state index contributed by atoms with van der Waals surface area (Å²) >= 11 is 6.10. The molecule has 0 N–H and O–H groups in total. The van der Waals surface area contributed by atoms with Crippen molar-refractivity contribution in [3.8, 4) is 11.3 Å². The van der Waals surface area contributed by atoms with Crippen LogP contribution in [-0.4, -0.2) is 44.3 Å². The fraction of sp³-hybridized carbons (Fsp3) is 0.500. The normalized spacial score (nSPS) is 11.2. The number of rotatable bonds is 6. The molecule has 0 aromatic carbocycles. The van der Waals surface area contributed by atoms with Crippen LogP contribution in [0.15, 0.2) is 18.5 Å². The van der Waals surface area contributed by atoms with Crippen LogP contribution in [0.2, 0.25) is 5.15 Å². The number of aromatic nitrogens is 4. The smallest absolute Gasteiger partial charge is 0.133 e. The van der Waals surface area contributed by atoms with Crippen LogP contribution in [0.1, 0.15) is 19.7 Å². The molecule has 2 rings (SSSR count). The van der Waals surface area contributed by atoms with Crippen LogP contribution in [0.5, 0.6) is 0 Å². The zero-order valence-electron chi connectivity index (χ0n) is 12.2. The van der Waals surface area contributed by atoms with E-state index in [0.717, 1.165) is 43.1 Å². The molecule has 0 spiro atoms. The van der Waals surface area contributed by atoms with Crippen LogP contribution in [-0.2, 0) is 13.5 Å². The van der Waals surface area contributed by atoms with Gasteiger partial charge in [-0.3, -0.25) is 4.68 Å². The van der Waals surface area contributed by atoms with Crippen molar-refractivity contribution in [3.05, 3.63) is 29.4 Å². The molecule has 5 nitrogen and oxygen atoms in total. The third-order valence-electron chi connectivity index (χ3n) is 3.29. The lowest BCUT2D eigenvalue weighted by atomic mass is 10.2. The second-order valence-corrected chi connectivity index (χ2v) is 5.06. The van der Waals surface area contributed by atoms with Crippen LogP contribution in [0.4, 0.5) is 0 Å². The van der Waals surface area contributed by atoms with Crippen molar-refractivity contribution in [3.63, 3.8) is 0 Å². The minimum Gasteiger partial charge on any atom is -0.303 e. The number of halogens is 1. The molecule has 6 heteroatoms. The first-order chi connectivity index (χ1) is 9.62. The second-order valence-electron chi connectivity index (χ2n) is 4.67. The summed E-state index contributed by atoms with van der Waals surface area (Å²) in [5.74, 6) is 0.781. The molecule has 0 fully saturated rings. The van der Waals surface area contributed by atoms with Gasteiger partial charge in [0, 0.05) is 37.8 Å². The van der Waals surface area contributed by atoms with E-state index in [2.05, 4.69) is 33.8 Å². The van der Waals surface area contributed by atoms with Gasteiger partial charge < -0.3 is 4.90 Å². The molecule has 0 saturated carbocycles. The molecule has 2 heterocycles. The Morgan fingerprint density at radius 3 is 2.60 bits per heavy atom. The number of nitrogens with zero attached hydrogens (tertiary/aromatic N) is 5. The highest BCUT2D eigenvalue weighted by Gasteiger charge is 2.08. The third-order valence-corrected chi connectivity index (χ3v) is 3.48. The maximum absolute atomic E-state index is 6.10. The maximum atomic E-state index is 6.10. The van der Waals surface area contributed by atoms with Gasteiger partial charge in [0.05, 0.1) is 11.9 Å². The Morgan fingerprint density at radius 1 is 1.25 bits per heavy atom. The van der Waals surface area contributed by atoms with Gasteiger partial charge in [-0.2, -0.15) is 5.10 Å². The van der Waals surface area contributed by atoms with E-state index in [1.165, 1.54) is 0 Å². The van der Waals surface area contributed by atoms with Crippen molar-refractivity contribution < 1.29 is 0 Å². The van der Waals surface area contributed by atoms with Crippen LogP contribution in [0.3, 0.4) is 0 Å². The summed E-state index contributed by atoms with van der Waals surface area (Å²) in [5.41, 5.74) is 1.79. The Bertz CT molecular complexity index is 562. The van der Waals surface area contributed by atoms with Crippen molar-refractivity contribution in [2.24, 2.45) is 7.05 Å². The quantitative estimate of drug-likeness (QED) is 0.768. The highest BCUT2D eigenvalue weighted by molar-refractivity contribution is 6.29. The van der Waals surface area contributed by atoms with Gasteiger partial charge in [-0.1, -0.05) is 25.4 Å². The van der Waals surface area contributed by atoms with Gasteiger partial charge >= 0.3 is 0 Å². The molecule has 0 saturated heterocycles. The molecule has 20 heavy (non-hydrogen) atoms. The number of likely N-dealkylation sites (N-methyl/N-ethyl adjacent to an activating group) is 1. The van der Waals surface area contributed by atoms with E-state index in [9.17, 15) is 0 Å². The summed E-state index contributed by atoms with van der Waals surface area (Å²) in [5, 5.41) is 4.64. The largest absolute Gasteiger partial charge is 0.303 e. The van der Waals surface area contributed by atoms with Crippen LogP contribution in [0.25, 0.3) is 11.3 Å². The summed E-state index contributed by atoms with van der Waals surface area (Å²) in [6, 6.07) is 1.78. The Labute approximate surface area is 124 Å². The molecule has 0 aliphatic rings. The summed E-state index contributed by atoms with van der Waals surface area (Å²) in [4.78, 5) is 11.2. The van der Waals surface area contributed by atoms with E-state index in [1.807, 2.05) is 13.2 Å². The first kappa shape index (κ1) is 14.9. The predicted octanol–water partition coefficient (Wildman–Crippen LogP) is 2.41. The summed E-state index contributed by atoms with van der Waals surface area (Å²) < 4.78 is 1.75. The first-order valence-electron chi connectivity index (χ1n) is 6.87. The summed E-state index contributed by atoms with van der Waals surface area (Å²) in [6.07, 6.45) is 4.51. The van der Waals surface area contributed by atoms with Gasteiger partial charge in [0.15, 0.2) is 0 Å². The van der Waals surface area contributed by atoms with Gasteiger partial charge in [0.1, 0.15) is 11.0 Å². The molecule has 0 amide bonds. The molecule has 0 aliphatic carbocycles. The van der Waals surface area contributed by atoms with Gasteiger partial charge in [-0.25, -0.2) is 9.97 Å². The van der Waals surface area contributed by atoms with Gasteiger partial charge in [-0.05, 0) is 13.1 Å². The number of aryl methyl sites for hydroxylation is 1. The van der Waals surface area contributed by atoms with E-state index < -0.39 is 0 Å². The van der Waals surface area contributed by atoms with Crippen molar-refractivity contribution in [2.45, 2.75) is 20.3 Å². The lowest BCUT2D eigenvalue weighted by molar-refractivity contribution is 0.306. The standard InChI is InChI=1S/C14H20ClN5/c1-4-20(5-2)7-6-14-17-12(8-13(15)18-14)11-9-16-19(3)10-11/h8-10H,4-7H2,1-3H3. The highest BCUT2D eigenvalue weighted by atomic mass is 35.5. The van der Waals surface area contributed by atoms with Crippen LogP contribution < -0.4 is 0 Å². The van der Waals surface area contributed by atoms with E-state index >= 15 is 0 Å².